The second kappa shape index (κ2) is 7.82. The van der Waals surface area contributed by atoms with Gasteiger partial charge in [-0.15, -0.1) is 10.2 Å². The number of anilines is 1. The van der Waals surface area contributed by atoms with Crippen LogP contribution < -0.4 is 4.90 Å². The third-order valence-corrected chi connectivity index (χ3v) is 6.58. The van der Waals surface area contributed by atoms with E-state index < -0.39 is 0 Å². The first-order chi connectivity index (χ1) is 12.7. The highest BCUT2D eigenvalue weighted by Gasteiger charge is 2.24. The molecule has 0 radical (unpaired) electrons. The molecule has 4 rings (SSSR count). The lowest BCUT2D eigenvalue weighted by molar-refractivity contribution is -0.116. The summed E-state index contributed by atoms with van der Waals surface area (Å²) in [5, 5.41) is 9.64. The zero-order valence-electron chi connectivity index (χ0n) is 15.4. The van der Waals surface area contributed by atoms with Crippen molar-refractivity contribution in [2.45, 2.75) is 56.0 Å². The van der Waals surface area contributed by atoms with Gasteiger partial charge in [0.25, 0.3) is 0 Å². The summed E-state index contributed by atoms with van der Waals surface area (Å²) >= 11 is 1.51. The summed E-state index contributed by atoms with van der Waals surface area (Å²) < 4.78 is 2.10. The van der Waals surface area contributed by atoms with Crippen LogP contribution in [0.2, 0.25) is 0 Å². The Morgan fingerprint density at radius 1 is 1.15 bits per heavy atom. The van der Waals surface area contributed by atoms with Gasteiger partial charge in [-0.25, -0.2) is 0 Å². The molecule has 0 bridgehead atoms. The molecule has 1 saturated carbocycles. The smallest absolute Gasteiger partial charge is 0.237 e. The Morgan fingerprint density at radius 3 is 2.81 bits per heavy atom. The average molecular weight is 371 g/mol. The number of aromatic nitrogens is 3. The van der Waals surface area contributed by atoms with Gasteiger partial charge in [-0.05, 0) is 37.3 Å². The Labute approximate surface area is 159 Å². The Kier molecular flexibility index (Phi) is 5.29. The second-order valence-electron chi connectivity index (χ2n) is 7.30. The van der Waals surface area contributed by atoms with E-state index in [9.17, 15) is 4.79 Å². The maximum atomic E-state index is 12.8. The van der Waals surface area contributed by atoms with Crippen LogP contribution in [0.5, 0.6) is 0 Å². The third-order valence-electron chi connectivity index (χ3n) is 5.57. The molecule has 0 spiro atoms. The molecule has 1 amide bonds. The van der Waals surface area contributed by atoms with Crippen LogP contribution >= 0.6 is 11.8 Å². The molecular formula is C20H26N4OS. The minimum atomic E-state index is 0.157. The number of carbonyl (C=O) groups excluding carboxylic acids is 1. The fraction of sp³-hybridized carbons (Fsp3) is 0.550. The van der Waals surface area contributed by atoms with Crippen LogP contribution in [0.25, 0.3) is 0 Å². The molecule has 6 heteroatoms. The van der Waals surface area contributed by atoms with Crippen molar-refractivity contribution in [1.82, 2.24) is 14.8 Å². The van der Waals surface area contributed by atoms with Crippen molar-refractivity contribution in [2.24, 2.45) is 7.05 Å². The molecule has 2 heterocycles. The van der Waals surface area contributed by atoms with E-state index in [0.29, 0.717) is 11.7 Å². The predicted octanol–water partition coefficient (Wildman–Crippen LogP) is 3.93. The molecule has 1 aromatic carbocycles. The topological polar surface area (TPSA) is 51.0 Å². The fourth-order valence-corrected chi connectivity index (χ4v) is 4.96. The van der Waals surface area contributed by atoms with Gasteiger partial charge in [-0.2, -0.15) is 0 Å². The number of rotatable bonds is 4. The van der Waals surface area contributed by atoms with Crippen molar-refractivity contribution in [3.63, 3.8) is 0 Å². The van der Waals surface area contributed by atoms with Crippen LogP contribution in [-0.4, -0.2) is 33.0 Å². The summed E-state index contributed by atoms with van der Waals surface area (Å²) in [6, 6.07) is 8.24. The van der Waals surface area contributed by atoms with E-state index in [4.69, 9.17) is 0 Å². The first kappa shape index (κ1) is 17.6. The van der Waals surface area contributed by atoms with Gasteiger partial charge in [-0.3, -0.25) is 4.79 Å². The Balaban J connectivity index is 1.42. The summed E-state index contributed by atoms with van der Waals surface area (Å²) in [6.45, 7) is 0.808. The van der Waals surface area contributed by atoms with Crippen molar-refractivity contribution in [1.29, 1.82) is 0 Å². The SMILES string of the molecule is Cn1c(SCC(=O)N2CCCc3ccccc32)nnc1C1CCCCC1. The van der Waals surface area contributed by atoms with Gasteiger partial charge in [0.2, 0.25) is 5.91 Å². The Hall–Kier alpha value is -1.82. The predicted molar refractivity (Wildman–Crippen MR) is 105 cm³/mol. The molecule has 1 aliphatic carbocycles. The largest absolute Gasteiger partial charge is 0.311 e. The number of para-hydroxylation sites is 1. The standard InChI is InChI=1S/C20H26N4OS/c1-23-19(16-9-3-2-4-10-16)21-22-20(23)26-14-18(25)24-13-7-11-15-8-5-6-12-17(15)24/h5-6,8,12,16H,2-4,7,9-11,13-14H2,1H3. The molecule has 138 valence electrons. The highest BCUT2D eigenvalue weighted by molar-refractivity contribution is 7.99. The first-order valence-electron chi connectivity index (χ1n) is 9.64. The van der Waals surface area contributed by atoms with Crippen molar-refractivity contribution in [3.8, 4) is 0 Å². The Morgan fingerprint density at radius 2 is 1.96 bits per heavy atom. The van der Waals surface area contributed by atoms with Crippen molar-refractivity contribution in [2.75, 3.05) is 17.2 Å². The number of aryl methyl sites for hydroxylation is 1. The van der Waals surface area contributed by atoms with Crippen LogP contribution in [-0.2, 0) is 18.3 Å². The number of hydrogen-bond acceptors (Lipinski definition) is 4. The van der Waals surface area contributed by atoms with E-state index in [-0.39, 0.29) is 5.91 Å². The maximum Gasteiger partial charge on any atom is 0.237 e. The summed E-state index contributed by atoms with van der Waals surface area (Å²) in [5.41, 5.74) is 2.35. The Bertz CT molecular complexity index is 782. The van der Waals surface area contributed by atoms with Crippen LogP contribution in [0.4, 0.5) is 5.69 Å². The first-order valence-corrected chi connectivity index (χ1v) is 10.6. The normalized spacial score (nSPS) is 18.0. The van der Waals surface area contributed by atoms with E-state index in [2.05, 4.69) is 26.9 Å². The minimum absolute atomic E-state index is 0.157. The molecule has 0 saturated heterocycles. The van der Waals surface area contributed by atoms with Crippen molar-refractivity contribution >= 4 is 23.4 Å². The molecular weight excluding hydrogens is 344 g/mol. The minimum Gasteiger partial charge on any atom is -0.311 e. The molecule has 1 aliphatic heterocycles. The van der Waals surface area contributed by atoms with Crippen LogP contribution in [0, 0.1) is 0 Å². The molecule has 1 aromatic heterocycles. The van der Waals surface area contributed by atoms with Crippen LogP contribution in [0.15, 0.2) is 29.4 Å². The lowest BCUT2D eigenvalue weighted by Crippen LogP contribution is -2.36. The second-order valence-corrected chi connectivity index (χ2v) is 8.24. The zero-order chi connectivity index (χ0) is 17.9. The molecule has 2 aromatic rings. The maximum absolute atomic E-state index is 12.8. The summed E-state index contributed by atoms with van der Waals surface area (Å²) in [7, 11) is 2.03. The molecule has 2 aliphatic rings. The van der Waals surface area contributed by atoms with E-state index >= 15 is 0 Å². The summed E-state index contributed by atoms with van der Waals surface area (Å²) in [5.74, 6) is 2.18. The lowest BCUT2D eigenvalue weighted by atomic mass is 9.89. The lowest BCUT2D eigenvalue weighted by Gasteiger charge is -2.29. The van der Waals surface area contributed by atoms with Crippen molar-refractivity contribution < 1.29 is 4.79 Å². The highest BCUT2D eigenvalue weighted by atomic mass is 32.2. The number of amides is 1. The number of fused-ring (bicyclic) bond motifs is 1. The molecule has 26 heavy (non-hydrogen) atoms. The van der Waals surface area contributed by atoms with Gasteiger partial charge in [0.05, 0.1) is 5.75 Å². The van der Waals surface area contributed by atoms with Gasteiger partial charge in [0, 0.05) is 25.2 Å². The van der Waals surface area contributed by atoms with E-state index in [1.807, 2.05) is 24.1 Å². The average Bonchev–Trinajstić information content (AvgIpc) is 3.07. The number of thioether (sulfide) groups is 1. The van der Waals surface area contributed by atoms with E-state index in [1.165, 1.54) is 49.4 Å². The summed E-state index contributed by atoms with van der Waals surface area (Å²) in [4.78, 5) is 14.7. The summed E-state index contributed by atoms with van der Waals surface area (Å²) in [6.07, 6.45) is 8.41. The van der Waals surface area contributed by atoms with E-state index in [1.54, 1.807) is 0 Å². The van der Waals surface area contributed by atoms with Crippen LogP contribution in [0.1, 0.15) is 55.8 Å². The molecule has 0 atom stereocenters. The van der Waals surface area contributed by atoms with Crippen molar-refractivity contribution in [3.05, 3.63) is 35.7 Å². The van der Waals surface area contributed by atoms with Gasteiger partial charge >= 0.3 is 0 Å². The van der Waals surface area contributed by atoms with Gasteiger partial charge in [0.15, 0.2) is 5.16 Å². The van der Waals surface area contributed by atoms with Gasteiger partial charge in [0.1, 0.15) is 5.82 Å². The number of nitrogens with zero attached hydrogens (tertiary/aromatic N) is 4. The van der Waals surface area contributed by atoms with Gasteiger partial charge < -0.3 is 9.47 Å². The number of carbonyl (C=O) groups is 1. The van der Waals surface area contributed by atoms with Crippen LogP contribution in [0.3, 0.4) is 0 Å². The molecule has 5 nitrogen and oxygen atoms in total. The number of hydrogen-bond donors (Lipinski definition) is 0. The highest BCUT2D eigenvalue weighted by Crippen LogP contribution is 2.33. The number of benzene rings is 1. The van der Waals surface area contributed by atoms with Gasteiger partial charge in [-0.1, -0.05) is 49.2 Å². The fourth-order valence-electron chi connectivity index (χ4n) is 4.17. The third kappa shape index (κ3) is 3.52. The zero-order valence-corrected chi connectivity index (χ0v) is 16.2. The molecule has 1 fully saturated rings. The van der Waals surface area contributed by atoms with E-state index in [0.717, 1.165) is 36.1 Å². The monoisotopic (exact) mass is 370 g/mol. The molecule has 0 N–H and O–H groups in total. The molecule has 0 unspecified atom stereocenters. The quantitative estimate of drug-likeness (QED) is 0.765.